The zero-order valence-electron chi connectivity index (χ0n) is 8.40. The Hall–Kier alpha value is -2.12. The smallest absolute Gasteiger partial charge is 0.422 e. The molecule has 0 saturated heterocycles. The predicted molar refractivity (Wildman–Crippen MR) is 53.3 cm³/mol. The number of hydrogen-bond acceptors (Lipinski definition) is 5. The van der Waals surface area contributed by atoms with Crippen LogP contribution < -0.4 is 10.5 Å². The van der Waals surface area contributed by atoms with Crippen molar-refractivity contribution < 1.29 is 17.9 Å². The SMILES string of the molecule is Nc1nccc2nc(OCC(F)(F)F)cnc12. The minimum atomic E-state index is -4.41. The Labute approximate surface area is 93.5 Å². The number of rotatable bonds is 2. The molecule has 2 rings (SSSR count). The maximum Gasteiger partial charge on any atom is 0.422 e. The van der Waals surface area contributed by atoms with Crippen molar-refractivity contribution in [3.05, 3.63) is 18.5 Å². The molecule has 0 spiro atoms. The molecule has 0 radical (unpaired) electrons. The van der Waals surface area contributed by atoms with Gasteiger partial charge in [-0.05, 0) is 6.07 Å². The molecule has 2 N–H and O–H groups in total. The fourth-order valence-electron chi connectivity index (χ4n) is 1.17. The number of nitrogens with two attached hydrogens (primary N) is 1. The van der Waals surface area contributed by atoms with Gasteiger partial charge in [0.2, 0.25) is 5.88 Å². The third kappa shape index (κ3) is 2.71. The van der Waals surface area contributed by atoms with E-state index in [4.69, 9.17) is 5.73 Å². The standard InChI is InChI=1S/C9H7F3N4O/c10-9(11,12)4-17-6-3-15-7-5(16-6)1-2-14-8(7)13/h1-3H,4H2,(H2,13,14). The average molecular weight is 244 g/mol. The minimum Gasteiger partial charge on any atom is -0.467 e. The second kappa shape index (κ2) is 4.04. The Bertz CT molecular complexity index is 543. The van der Waals surface area contributed by atoms with Crippen molar-refractivity contribution in [2.45, 2.75) is 6.18 Å². The lowest BCUT2D eigenvalue weighted by molar-refractivity contribution is -0.154. The van der Waals surface area contributed by atoms with Gasteiger partial charge in [-0.15, -0.1) is 0 Å². The maximum absolute atomic E-state index is 11.9. The van der Waals surface area contributed by atoms with Gasteiger partial charge in [-0.2, -0.15) is 13.2 Å². The number of nitrogen functional groups attached to an aromatic ring is 1. The van der Waals surface area contributed by atoms with Crippen molar-refractivity contribution in [3.8, 4) is 5.88 Å². The quantitative estimate of drug-likeness (QED) is 0.867. The molecule has 8 heteroatoms. The number of anilines is 1. The van der Waals surface area contributed by atoms with E-state index in [-0.39, 0.29) is 11.7 Å². The summed E-state index contributed by atoms with van der Waals surface area (Å²) in [6.07, 6.45) is -1.94. The summed E-state index contributed by atoms with van der Waals surface area (Å²) < 4.78 is 40.2. The highest BCUT2D eigenvalue weighted by molar-refractivity contribution is 5.83. The highest BCUT2D eigenvalue weighted by atomic mass is 19.4. The van der Waals surface area contributed by atoms with Crippen LogP contribution in [-0.2, 0) is 0 Å². The van der Waals surface area contributed by atoms with E-state index in [1.54, 1.807) is 0 Å². The van der Waals surface area contributed by atoms with Crippen LogP contribution in [0.25, 0.3) is 11.0 Å². The molecule has 0 fully saturated rings. The lowest BCUT2D eigenvalue weighted by atomic mass is 10.3. The summed E-state index contributed by atoms with van der Waals surface area (Å²) in [5.41, 5.74) is 6.17. The highest BCUT2D eigenvalue weighted by Crippen LogP contribution is 2.19. The number of fused-ring (bicyclic) bond motifs is 1. The number of halogens is 3. The molecule has 0 aliphatic heterocycles. The summed E-state index contributed by atoms with van der Waals surface area (Å²) >= 11 is 0. The van der Waals surface area contributed by atoms with Gasteiger partial charge in [0.15, 0.2) is 12.4 Å². The summed E-state index contributed by atoms with van der Waals surface area (Å²) in [6, 6.07) is 1.49. The third-order valence-electron chi connectivity index (χ3n) is 1.85. The zero-order chi connectivity index (χ0) is 12.5. The number of nitrogens with zero attached hydrogens (tertiary/aromatic N) is 3. The van der Waals surface area contributed by atoms with Crippen LogP contribution in [0.5, 0.6) is 5.88 Å². The molecule has 0 saturated carbocycles. The van der Waals surface area contributed by atoms with Crippen molar-refractivity contribution in [2.75, 3.05) is 12.3 Å². The summed E-state index contributed by atoms with van der Waals surface area (Å²) in [6.45, 7) is -1.41. The second-order valence-electron chi connectivity index (χ2n) is 3.18. The minimum absolute atomic E-state index is 0.164. The van der Waals surface area contributed by atoms with Gasteiger partial charge in [0.1, 0.15) is 5.52 Å². The third-order valence-corrected chi connectivity index (χ3v) is 1.85. The van der Waals surface area contributed by atoms with Crippen molar-refractivity contribution in [3.63, 3.8) is 0 Å². The molecule has 2 heterocycles. The molecule has 0 unspecified atom stereocenters. The molecule has 0 aromatic carbocycles. The van der Waals surface area contributed by atoms with Crippen LogP contribution >= 0.6 is 0 Å². The number of ether oxygens (including phenoxy) is 1. The molecule has 0 aliphatic carbocycles. The Morgan fingerprint density at radius 1 is 1.29 bits per heavy atom. The summed E-state index contributed by atoms with van der Waals surface area (Å²) in [4.78, 5) is 11.5. The lowest BCUT2D eigenvalue weighted by Crippen LogP contribution is -2.19. The molecule has 0 aliphatic rings. The molecule has 0 bridgehead atoms. The van der Waals surface area contributed by atoms with Gasteiger partial charge in [0, 0.05) is 6.20 Å². The first-order valence-corrected chi connectivity index (χ1v) is 4.52. The van der Waals surface area contributed by atoms with E-state index < -0.39 is 12.8 Å². The van der Waals surface area contributed by atoms with Crippen LogP contribution in [0.2, 0.25) is 0 Å². The van der Waals surface area contributed by atoms with E-state index in [0.29, 0.717) is 11.0 Å². The van der Waals surface area contributed by atoms with Crippen LogP contribution in [0.15, 0.2) is 18.5 Å². The molecular weight excluding hydrogens is 237 g/mol. The van der Waals surface area contributed by atoms with Crippen molar-refractivity contribution in [1.82, 2.24) is 15.0 Å². The van der Waals surface area contributed by atoms with Crippen LogP contribution in [0, 0.1) is 0 Å². The Morgan fingerprint density at radius 3 is 2.76 bits per heavy atom. The van der Waals surface area contributed by atoms with Crippen LogP contribution in [-0.4, -0.2) is 27.7 Å². The first-order chi connectivity index (χ1) is 7.96. The van der Waals surface area contributed by atoms with Gasteiger partial charge in [-0.25, -0.2) is 15.0 Å². The number of pyridine rings is 1. The van der Waals surface area contributed by atoms with Crippen LogP contribution in [0.4, 0.5) is 19.0 Å². The van der Waals surface area contributed by atoms with E-state index in [2.05, 4.69) is 19.7 Å². The fourth-order valence-corrected chi connectivity index (χ4v) is 1.17. The molecule has 0 atom stereocenters. The Kier molecular flexibility index (Phi) is 2.70. The first-order valence-electron chi connectivity index (χ1n) is 4.52. The molecule has 17 heavy (non-hydrogen) atoms. The van der Waals surface area contributed by atoms with Gasteiger partial charge in [-0.1, -0.05) is 0 Å². The summed E-state index contributed by atoms with van der Waals surface area (Å²) in [5.74, 6) is -0.0437. The van der Waals surface area contributed by atoms with E-state index in [0.717, 1.165) is 6.20 Å². The van der Waals surface area contributed by atoms with Gasteiger partial charge >= 0.3 is 6.18 Å². The summed E-state index contributed by atoms with van der Waals surface area (Å²) in [7, 11) is 0. The average Bonchev–Trinajstić information content (AvgIpc) is 2.26. The molecule has 90 valence electrons. The maximum atomic E-state index is 11.9. The fraction of sp³-hybridized carbons (Fsp3) is 0.222. The van der Waals surface area contributed by atoms with E-state index in [1.165, 1.54) is 12.3 Å². The Morgan fingerprint density at radius 2 is 2.06 bits per heavy atom. The summed E-state index contributed by atoms with van der Waals surface area (Å²) in [5, 5.41) is 0. The van der Waals surface area contributed by atoms with E-state index >= 15 is 0 Å². The monoisotopic (exact) mass is 244 g/mol. The molecule has 2 aromatic rings. The van der Waals surface area contributed by atoms with Crippen LogP contribution in [0.1, 0.15) is 0 Å². The number of alkyl halides is 3. The first kappa shape index (κ1) is 11.4. The zero-order valence-corrected chi connectivity index (χ0v) is 8.40. The van der Waals surface area contributed by atoms with Gasteiger partial charge < -0.3 is 10.5 Å². The second-order valence-corrected chi connectivity index (χ2v) is 3.18. The number of hydrogen-bond donors (Lipinski definition) is 1. The van der Waals surface area contributed by atoms with Crippen LogP contribution in [0.3, 0.4) is 0 Å². The van der Waals surface area contributed by atoms with Gasteiger partial charge in [-0.3, -0.25) is 0 Å². The molecule has 0 amide bonds. The normalized spacial score (nSPS) is 11.7. The van der Waals surface area contributed by atoms with E-state index in [1.807, 2.05) is 0 Å². The molecule has 2 aromatic heterocycles. The van der Waals surface area contributed by atoms with E-state index in [9.17, 15) is 13.2 Å². The van der Waals surface area contributed by atoms with Crippen molar-refractivity contribution in [1.29, 1.82) is 0 Å². The molecule has 5 nitrogen and oxygen atoms in total. The van der Waals surface area contributed by atoms with Crippen molar-refractivity contribution in [2.24, 2.45) is 0 Å². The van der Waals surface area contributed by atoms with Crippen molar-refractivity contribution >= 4 is 16.9 Å². The molecular formula is C9H7F3N4O. The highest BCUT2D eigenvalue weighted by Gasteiger charge is 2.28. The Balaban J connectivity index is 2.26. The van der Waals surface area contributed by atoms with Gasteiger partial charge in [0.25, 0.3) is 0 Å². The van der Waals surface area contributed by atoms with Gasteiger partial charge in [0.05, 0.1) is 11.7 Å². The topological polar surface area (TPSA) is 73.9 Å². The largest absolute Gasteiger partial charge is 0.467 e. The predicted octanol–water partition coefficient (Wildman–Crippen LogP) is 1.55. The lowest BCUT2D eigenvalue weighted by Gasteiger charge is -2.08. The number of aromatic nitrogens is 3.